The molecular formula is C9H7BrF3NO2. The Morgan fingerprint density at radius 3 is 2.38 bits per heavy atom. The van der Waals surface area contributed by atoms with E-state index in [0.717, 1.165) is 6.07 Å². The largest absolute Gasteiger partial charge is 0.423 e. The van der Waals surface area contributed by atoms with Gasteiger partial charge in [-0.3, -0.25) is 10.1 Å². The van der Waals surface area contributed by atoms with Gasteiger partial charge in [0.15, 0.2) is 0 Å². The Labute approximate surface area is 97.5 Å². The van der Waals surface area contributed by atoms with Crippen molar-refractivity contribution in [3.63, 3.8) is 0 Å². The summed E-state index contributed by atoms with van der Waals surface area (Å²) in [4.78, 5) is 9.69. The zero-order chi connectivity index (χ0) is 12.5. The number of hydrogen-bond donors (Lipinski definition) is 0. The predicted molar refractivity (Wildman–Crippen MR) is 55.5 cm³/mol. The molecule has 0 fully saturated rings. The molecule has 0 bridgehead atoms. The molecule has 0 atom stereocenters. The van der Waals surface area contributed by atoms with E-state index in [1.807, 2.05) is 0 Å². The molecule has 0 N–H and O–H groups in total. The van der Waals surface area contributed by atoms with E-state index in [0.29, 0.717) is 5.56 Å². The summed E-state index contributed by atoms with van der Waals surface area (Å²) in [5.41, 5.74) is -1.57. The average Bonchev–Trinajstić information content (AvgIpc) is 2.14. The smallest absolute Gasteiger partial charge is 0.258 e. The lowest BCUT2D eigenvalue weighted by Crippen LogP contribution is -2.11. The van der Waals surface area contributed by atoms with Crippen molar-refractivity contribution in [2.75, 3.05) is 0 Å². The molecule has 0 amide bonds. The van der Waals surface area contributed by atoms with Gasteiger partial charge in [0.1, 0.15) is 5.56 Å². The molecule has 0 aliphatic carbocycles. The second-order valence-corrected chi connectivity index (χ2v) is 3.71. The molecule has 0 saturated carbocycles. The van der Waals surface area contributed by atoms with Crippen LogP contribution in [0, 0.1) is 17.0 Å². The van der Waals surface area contributed by atoms with Crippen LogP contribution in [0.15, 0.2) is 12.1 Å². The van der Waals surface area contributed by atoms with Crippen LogP contribution >= 0.6 is 15.9 Å². The number of halogens is 4. The maximum absolute atomic E-state index is 12.5. The molecule has 1 rings (SSSR count). The van der Waals surface area contributed by atoms with Crippen molar-refractivity contribution in [3.8, 4) is 0 Å². The molecule has 0 aromatic heterocycles. The minimum absolute atomic E-state index is 0.0130. The number of benzene rings is 1. The van der Waals surface area contributed by atoms with Gasteiger partial charge >= 0.3 is 6.18 Å². The monoisotopic (exact) mass is 297 g/mol. The number of rotatable bonds is 2. The fourth-order valence-corrected chi connectivity index (χ4v) is 2.05. The molecule has 88 valence electrons. The molecule has 0 aliphatic rings. The number of nitro groups is 1. The van der Waals surface area contributed by atoms with Gasteiger partial charge in [0.25, 0.3) is 5.69 Å². The zero-order valence-corrected chi connectivity index (χ0v) is 9.72. The molecule has 1 aromatic carbocycles. The molecule has 0 radical (unpaired) electrons. The first kappa shape index (κ1) is 13.0. The maximum Gasteiger partial charge on any atom is 0.423 e. The van der Waals surface area contributed by atoms with Gasteiger partial charge in [-0.05, 0) is 18.6 Å². The second-order valence-electron chi connectivity index (χ2n) is 3.15. The Bertz CT molecular complexity index is 431. The van der Waals surface area contributed by atoms with Gasteiger partial charge in [0, 0.05) is 10.9 Å². The van der Waals surface area contributed by atoms with E-state index in [1.165, 1.54) is 13.0 Å². The lowest BCUT2D eigenvalue weighted by Gasteiger charge is -2.11. The Morgan fingerprint density at radius 2 is 2.00 bits per heavy atom. The Hall–Kier alpha value is -1.11. The summed E-state index contributed by atoms with van der Waals surface area (Å²) in [5, 5.41) is 10.7. The first-order valence-corrected chi connectivity index (χ1v) is 5.31. The number of nitro benzene ring substituents is 1. The minimum Gasteiger partial charge on any atom is -0.258 e. The third kappa shape index (κ3) is 2.34. The molecule has 0 spiro atoms. The van der Waals surface area contributed by atoms with Gasteiger partial charge < -0.3 is 0 Å². The highest BCUT2D eigenvalue weighted by molar-refractivity contribution is 9.08. The van der Waals surface area contributed by atoms with E-state index in [4.69, 9.17) is 0 Å². The normalized spacial score (nSPS) is 11.6. The predicted octanol–water partition coefficient (Wildman–Crippen LogP) is 3.82. The van der Waals surface area contributed by atoms with Crippen LogP contribution in [0.3, 0.4) is 0 Å². The molecule has 0 heterocycles. The molecule has 0 aliphatic heterocycles. The Balaban J connectivity index is 3.58. The van der Waals surface area contributed by atoms with Crippen LogP contribution in [0.4, 0.5) is 18.9 Å². The highest BCUT2D eigenvalue weighted by Crippen LogP contribution is 2.39. The van der Waals surface area contributed by atoms with E-state index in [2.05, 4.69) is 15.9 Å². The van der Waals surface area contributed by atoms with Crippen LogP contribution in [0.2, 0.25) is 0 Å². The summed E-state index contributed by atoms with van der Waals surface area (Å²) in [6.45, 7) is 1.53. The van der Waals surface area contributed by atoms with Crippen LogP contribution in [-0.2, 0) is 11.5 Å². The van der Waals surface area contributed by atoms with E-state index in [-0.39, 0.29) is 10.9 Å². The molecule has 0 saturated heterocycles. The first-order chi connectivity index (χ1) is 7.29. The SMILES string of the molecule is Cc1ccc(C(F)(F)F)c([N+](=O)[O-])c1CBr. The fourth-order valence-electron chi connectivity index (χ4n) is 1.34. The van der Waals surface area contributed by atoms with Gasteiger partial charge in [-0.15, -0.1) is 0 Å². The van der Waals surface area contributed by atoms with Crippen molar-refractivity contribution in [2.24, 2.45) is 0 Å². The molecule has 1 aromatic rings. The topological polar surface area (TPSA) is 43.1 Å². The zero-order valence-electron chi connectivity index (χ0n) is 8.14. The van der Waals surface area contributed by atoms with Crippen molar-refractivity contribution in [1.29, 1.82) is 0 Å². The quantitative estimate of drug-likeness (QED) is 0.473. The first-order valence-electron chi connectivity index (χ1n) is 4.19. The van der Waals surface area contributed by atoms with Gasteiger partial charge in [-0.25, -0.2) is 0 Å². The fraction of sp³-hybridized carbons (Fsp3) is 0.333. The summed E-state index contributed by atoms with van der Waals surface area (Å²) >= 11 is 2.96. The van der Waals surface area contributed by atoms with E-state index in [1.54, 1.807) is 0 Å². The van der Waals surface area contributed by atoms with Gasteiger partial charge in [-0.1, -0.05) is 22.0 Å². The molecular weight excluding hydrogens is 291 g/mol. The van der Waals surface area contributed by atoms with Gasteiger partial charge in [0.2, 0.25) is 0 Å². The van der Waals surface area contributed by atoms with Gasteiger partial charge in [-0.2, -0.15) is 13.2 Å². The van der Waals surface area contributed by atoms with Crippen LogP contribution in [0.5, 0.6) is 0 Å². The number of alkyl halides is 4. The summed E-state index contributed by atoms with van der Waals surface area (Å²) in [6.07, 6.45) is -4.72. The maximum atomic E-state index is 12.5. The summed E-state index contributed by atoms with van der Waals surface area (Å²) in [6, 6.07) is 1.96. The lowest BCUT2D eigenvalue weighted by atomic mass is 10.0. The Kier molecular flexibility index (Phi) is 3.57. The standard InChI is InChI=1S/C9H7BrF3NO2/c1-5-2-3-7(9(11,12)13)8(14(15)16)6(5)4-10/h2-3H,4H2,1H3. The lowest BCUT2D eigenvalue weighted by molar-refractivity contribution is -0.388. The van der Waals surface area contributed by atoms with E-state index in [9.17, 15) is 23.3 Å². The number of hydrogen-bond acceptors (Lipinski definition) is 2. The highest BCUT2D eigenvalue weighted by Gasteiger charge is 2.39. The average molecular weight is 298 g/mol. The van der Waals surface area contributed by atoms with Crippen molar-refractivity contribution in [3.05, 3.63) is 38.9 Å². The van der Waals surface area contributed by atoms with Crippen LogP contribution < -0.4 is 0 Å². The third-order valence-electron chi connectivity index (χ3n) is 2.14. The minimum atomic E-state index is -4.72. The summed E-state index contributed by atoms with van der Waals surface area (Å²) in [7, 11) is 0. The van der Waals surface area contributed by atoms with Crippen LogP contribution in [-0.4, -0.2) is 4.92 Å². The molecule has 0 unspecified atom stereocenters. The number of aryl methyl sites for hydroxylation is 1. The van der Waals surface area contributed by atoms with Gasteiger partial charge in [0.05, 0.1) is 4.92 Å². The molecule has 16 heavy (non-hydrogen) atoms. The Morgan fingerprint density at radius 1 is 1.44 bits per heavy atom. The van der Waals surface area contributed by atoms with Crippen molar-refractivity contribution >= 4 is 21.6 Å². The van der Waals surface area contributed by atoms with Crippen LogP contribution in [0.25, 0.3) is 0 Å². The van der Waals surface area contributed by atoms with E-state index >= 15 is 0 Å². The van der Waals surface area contributed by atoms with Crippen molar-refractivity contribution < 1.29 is 18.1 Å². The molecule has 7 heteroatoms. The highest BCUT2D eigenvalue weighted by atomic mass is 79.9. The summed E-state index contributed by atoms with van der Waals surface area (Å²) in [5.74, 6) is 0. The molecule has 3 nitrogen and oxygen atoms in total. The second kappa shape index (κ2) is 4.40. The van der Waals surface area contributed by atoms with Crippen LogP contribution in [0.1, 0.15) is 16.7 Å². The summed E-state index contributed by atoms with van der Waals surface area (Å²) < 4.78 is 37.6. The van der Waals surface area contributed by atoms with Crippen molar-refractivity contribution in [1.82, 2.24) is 0 Å². The third-order valence-corrected chi connectivity index (χ3v) is 2.70. The number of nitrogens with zero attached hydrogens (tertiary/aromatic N) is 1. The van der Waals surface area contributed by atoms with Crippen molar-refractivity contribution in [2.45, 2.75) is 18.4 Å². The van der Waals surface area contributed by atoms with E-state index < -0.39 is 22.4 Å².